The van der Waals surface area contributed by atoms with Crippen LogP contribution in [-0.4, -0.2) is 50.8 Å². The third-order valence-corrected chi connectivity index (χ3v) is 3.42. The summed E-state index contributed by atoms with van der Waals surface area (Å²) in [6, 6.07) is 0.622. The smallest absolute Gasteiger partial charge is 0.0673 e. The number of ether oxygens (including phenoxy) is 1. The molecule has 106 valence electrons. The van der Waals surface area contributed by atoms with E-state index < -0.39 is 0 Å². The predicted octanol–water partition coefficient (Wildman–Crippen LogP) is 2.43. The number of nitrogens with one attached hydrogen (secondary N) is 1. The molecule has 0 aromatic carbocycles. The van der Waals surface area contributed by atoms with E-state index in [1.165, 1.54) is 44.3 Å². The molecule has 0 fully saturated rings. The van der Waals surface area contributed by atoms with Crippen LogP contribution in [0.25, 0.3) is 0 Å². The van der Waals surface area contributed by atoms with Gasteiger partial charge in [-0.2, -0.15) is 0 Å². The molecular weight excluding hydrogens is 224 g/mol. The fourth-order valence-electron chi connectivity index (χ4n) is 2.30. The molecule has 0 saturated heterocycles. The summed E-state index contributed by atoms with van der Waals surface area (Å²) in [7, 11) is 1.78. The van der Waals surface area contributed by atoms with Gasteiger partial charge in [-0.25, -0.2) is 0 Å². The highest BCUT2D eigenvalue weighted by Gasteiger charge is 2.10. The molecule has 0 aromatic rings. The average molecular weight is 254 g/mol. The molecule has 1 heterocycles. The van der Waals surface area contributed by atoms with E-state index in [9.17, 15) is 0 Å². The number of rotatable bonds is 9. The van der Waals surface area contributed by atoms with Crippen LogP contribution in [0.2, 0.25) is 0 Å². The zero-order valence-corrected chi connectivity index (χ0v) is 12.4. The summed E-state index contributed by atoms with van der Waals surface area (Å²) in [6.07, 6.45) is 7.49. The summed E-state index contributed by atoms with van der Waals surface area (Å²) >= 11 is 0. The average Bonchev–Trinajstić information content (AvgIpc) is 2.35. The van der Waals surface area contributed by atoms with Crippen LogP contribution in [0, 0.1) is 0 Å². The Hall–Kier alpha value is -0.380. The molecule has 1 aliphatic rings. The lowest BCUT2D eigenvalue weighted by Gasteiger charge is -2.26. The van der Waals surface area contributed by atoms with Gasteiger partial charge in [-0.05, 0) is 37.9 Å². The van der Waals surface area contributed by atoms with Gasteiger partial charge in [0, 0.05) is 26.2 Å². The topological polar surface area (TPSA) is 24.5 Å². The summed E-state index contributed by atoms with van der Waals surface area (Å²) in [6.45, 7) is 9.96. The Bertz CT molecular complexity index is 239. The Labute approximate surface area is 113 Å². The van der Waals surface area contributed by atoms with Gasteiger partial charge in [-0.3, -0.25) is 4.90 Å². The summed E-state index contributed by atoms with van der Waals surface area (Å²) in [5, 5.41) is 3.47. The first-order chi connectivity index (χ1) is 8.72. The van der Waals surface area contributed by atoms with Crippen LogP contribution in [0.5, 0.6) is 0 Å². The molecule has 0 saturated carbocycles. The van der Waals surface area contributed by atoms with Crippen LogP contribution in [0.3, 0.4) is 0 Å². The van der Waals surface area contributed by atoms with Crippen LogP contribution < -0.4 is 5.32 Å². The second kappa shape index (κ2) is 9.54. The molecule has 1 rings (SSSR count). The fourth-order valence-corrected chi connectivity index (χ4v) is 2.30. The first kappa shape index (κ1) is 15.7. The van der Waals surface area contributed by atoms with E-state index in [4.69, 9.17) is 4.74 Å². The Morgan fingerprint density at radius 3 is 2.78 bits per heavy atom. The van der Waals surface area contributed by atoms with Gasteiger partial charge < -0.3 is 10.1 Å². The normalized spacial score (nSPS) is 17.2. The van der Waals surface area contributed by atoms with Gasteiger partial charge in [0.25, 0.3) is 0 Å². The Balaban J connectivity index is 1.98. The standard InChI is InChI=1S/C15H30N2O/c1-14(2)16-9-5-4-6-10-17-11-7-15(8-12-17)13-18-3/h7,14,16H,4-6,8-13H2,1-3H3. The third-order valence-electron chi connectivity index (χ3n) is 3.42. The first-order valence-corrected chi connectivity index (χ1v) is 7.35. The number of nitrogens with zero attached hydrogens (tertiary/aromatic N) is 1. The van der Waals surface area contributed by atoms with Gasteiger partial charge in [0.05, 0.1) is 6.61 Å². The highest BCUT2D eigenvalue weighted by atomic mass is 16.5. The molecule has 3 heteroatoms. The maximum atomic E-state index is 5.17. The van der Waals surface area contributed by atoms with Crippen molar-refractivity contribution in [2.45, 2.75) is 45.6 Å². The molecular formula is C15H30N2O. The van der Waals surface area contributed by atoms with Crippen molar-refractivity contribution in [2.75, 3.05) is 39.9 Å². The van der Waals surface area contributed by atoms with Crippen molar-refractivity contribution in [3.8, 4) is 0 Å². The van der Waals surface area contributed by atoms with Gasteiger partial charge in [-0.15, -0.1) is 0 Å². The van der Waals surface area contributed by atoms with Crippen LogP contribution in [0.1, 0.15) is 39.5 Å². The molecule has 0 bridgehead atoms. The molecule has 0 spiro atoms. The van der Waals surface area contributed by atoms with Gasteiger partial charge in [0.1, 0.15) is 0 Å². The van der Waals surface area contributed by atoms with Gasteiger partial charge >= 0.3 is 0 Å². The number of unbranched alkanes of at least 4 members (excludes halogenated alkanes) is 2. The Morgan fingerprint density at radius 1 is 1.33 bits per heavy atom. The summed E-state index contributed by atoms with van der Waals surface area (Å²) in [5.74, 6) is 0. The molecule has 18 heavy (non-hydrogen) atoms. The lowest BCUT2D eigenvalue weighted by atomic mass is 10.1. The zero-order valence-electron chi connectivity index (χ0n) is 12.4. The molecule has 1 aliphatic heterocycles. The van der Waals surface area contributed by atoms with Crippen molar-refractivity contribution < 1.29 is 4.74 Å². The lowest BCUT2D eigenvalue weighted by molar-refractivity contribution is 0.211. The maximum absolute atomic E-state index is 5.17. The van der Waals surface area contributed by atoms with Crippen molar-refractivity contribution in [3.63, 3.8) is 0 Å². The summed E-state index contributed by atoms with van der Waals surface area (Å²) < 4.78 is 5.17. The molecule has 1 N–H and O–H groups in total. The molecule has 0 atom stereocenters. The minimum atomic E-state index is 0.622. The third kappa shape index (κ3) is 7.14. The highest BCUT2D eigenvalue weighted by Crippen LogP contribution is 2.11. The van der Waals surface area contributed by atoms with E-state index in [0.717, 1.165) is 19.7 Å². The minimum Gasteiger partial charge on any atom is -0.380 e. The quantitative estimate of drug-likeness (QED) is 0.505. The van der Waals surface area contributed by atoms with E-state index in [2.05, 4.69) is 30.1 Å². The monoisotopic (exact) mass is 254 g/mol. The van der Waals surface area contributed by atoms with Crippen molar-refractivity contribution in [1.29, 1.82) is 0 Å². The minimum absolute atomic E-state index is 0.622. The molecule has 0 aliphatic carbocycles. The van der Waals surface area contributed by atoms with Gasteiger partial charge in [-0.1, -0.05) is 26.3 Å². The molecule has 0 aromatic heterocycles. The van der Waals surface area contributed by atoms with E-state index in [1.54, 1.807) is 7.11 Å². The van der Waals surface area contributed by atoms with Crippen molar-refractivity contribution in [2.24, 2.45) is 0 Å². The van der Waals surface area contributed by atoms with E-state index in [1.807, 2.05) is 0 Å². The number of hydrogen-bond donors (Lipinski definition) is 1. The van der Waals surface area contributed by atoms with E-state index in [-0.39, 0.29) is 0 Å². The van der Waals surface area contributed by atoms with Crippen LogP contribution >= 0.6 is 0 Å². The van der Waals surface area contributed by atoms with Crippen LogP contribution in [-0.2, 0) is 4.74 Å². The second-order valence-electron chi connectivity index (χ2n) is 5.52. The van der Waals surface area contributed by atoms with E-state index >= 15 is 0 Å². The van der Waals surface area contributed by atoms with E-state index in [0.29, 0.717) is 6.04 Å². The zero-order chi connectivity index (χ0) is 13.2. The highest BCUT2D eigenvalue weighted by molar-refractivity contribution is 5.07. The van der Waals surface area contributed by atoms with Gasteiger partial charge in [0.2, 0.25) is 0 Å². The van der Waals surface area contributed by atoms with Crippen molar-refractivity contribution >= 4 is 0 Å². The summed E-state index contributed by atoms with van der Waals surface area (Å²) in [4.78, 5) is 2.55. The Kier molecular flexibility index (Phi) is 8.31. The van der Waals surface area contributed by atoms with Crippen LogP contribution in [0.15, 0.2) is 11.6 Å². The SMILES string of the molecule is COCC1=CCN(CCCCCNC(C)C)CC1. The molecule has 3 nitrogen and oxygen atoms in total. The summed E-state index contributed by atoms with van der Waals surface area (Å²) in [5.41, 5.74) is 1.47. The molecule has 0 radical (unpaired) electrons. The van der Waals surface area contributed by atoms with Crippen LogP contribution in [0.4, 0.5) is 0 Å². The maximum Gasteiger partial charge on any atom is 0.0673 e. The fraction of sp³-hybridized carbons (Fsp3) is 0.867. The Morgan fingerprint density at radius 2 is 2.17 bits per heavy atom. The number of hydrogen-bond acceptors (Lipinski definition) is 3. The lowest BCUT2D eigenvalue weighted by Crippen LogP contribution is -2.30. The van der Waals surface area contributed by atoms with Crippen molar-refractivity contribution in [1.82, 2.24) is 10.2 Å². The largest absolute Gasteiger partial charge is 0.380 e. The molecule has 0 amide bonds. The first-order valence-electron chi connectivity index (χ1n) is 7.35. The molecule has 0 unspecified atom stereocenters. The van der Waals surface area contributed by atoms with Crippen molar-refractivity contribution in [3.05, 3.63) is 11.6 Å². The predicted molar refractivity (Wildman–Crippen MR) is 78.0 cm³/mol. The van der Waals surface area contributed by atoms with Gasteiger partial charge in [0.15, 0.2) is 0 Å². The number of methoxy groups -OCH3 is 1. The second-order valence-corrected chi connectivity index (χ2v) is 5.52.